The molecule has 7 nitrogen and oxygen atoms in total. The molecule has 0 aliphatic carbocycles. The average molecular weight is 540 g/mol. The summed E-state index contributed by atoms with van der Waals surface area (Å²) >= 11 is 6.28. The van der Waals surface area contributed by atoms with Gasteiger partial charge in [-0.2, -0.15) is 0 Å². The van der Waals surface area contributed by atoms with E-state index in [9.17, 15) is 0 Å². The van der Waals surface area contributed by atoms with E-state index in [2.05, 4.69) is 41.1 Å². The van der Waals surface area contributed by atoms with Crippen LogP contribution in [0, 0.1) is 0 Å². The number of rotatable bonds is 6. The number of hydrogen-bond donors (Lipinski definition) is 2. The fraction of sp³-hybridized carbons (Fsp3) is 0.381. The third kappa shape index (κ3) is 5.34. The maximum atomic E-state index is 6.28. The summed E-state index contributed by atoms with van der Waals surface area (Å²) in [5.74, 6) is 1.69. The number of aliphatic imine (C=N–C) groups is 1. The standard InChI is InChI=1S/C21H26ClN7.HI/c1-23-21(25-11-5-12-29-15-26-18-7-2-3-8-19(18)29)27-16-9-13-28(14-16)20-17(22)6-4-10-24-20;/h2-4,6-8,10,15-16H,5,9,11-14H2,1H3,(H2,23,25,27);1H. The van der Waals surface area contributed by atoms with Crippen molar-refractivity contribution < 1.29 is 0 Å². The van der Waals surface area contributed by atoms with Crippen LogP contribution in [0.3, 0.4) is 0 Å². The van der Waals surface area contributed by atoms with E-state index >= 15 is 0 Å². The number of fused-ring (bicyclic) bond motifs is 1. The molecule has 3 aromatic rings. The van der Waals surface area contributed by atoms with Crippen LogP contribution < -0.4 is 15.5 Å². The van der Waals surface area contributed by atoms with Crippen LogP contribution in [0.4, 0.5) is 5.82 Å². The number of anilines is 1. The highest BCUT2D eigenvalue weighted by molar-refractivity contribution is 14.0. The highest BCUT2D eigenvalue weighted by Gasteiger charge is 2.25. The predicted octanol–water partition coefficient (Wildman–Crippen LogP) is 3.54. The Labute approximate surface area is 199 Å². The molecule has 1 unspecified atom stereocenters. The lowest BCUT2D eigenvalue weighted by atomic mass is 10.3. The number of hydrogen-bond acceptors (Lipinski definition) is 4. The molecule has 0 bridgehead atoms. The van der Waals surface area contributed by atoms with Gasteiger partial charge in [-0.1, -0.05) is 23.7 Å². The summed E-state index contributed by atoms with van der Waals surface area (Å²) in [6, 6.07) is 12.3. The SMILES string of the molecule is CN=C(NCCCn1cnc2ccccc21)NC1CCN(c2ncccc2Cl)C1.I. The number of aryl methyl sites for hydroxylation is 1. The topological polar surface area (TPSA) is 70.4 Å². The molecule has 160 valence electrons. The van der Waals surface area contributed by atoms with Gasteiger partial charge in [0.2, 0.25) is 0 Å². The van der Waals surface area contributed by atoms with Crippen molar-refractivity contribution in [2.45, 2.75) is 25.4 Å². The van der Waals surface area contributed by atoms with Crippen molar-refractivity contribution >= 4 is 58.4 Å². The minimum Gasteiger partial charge on any atom is -0.356 e. The van der Waals surface area contributed by atoms with Gasteiger partial charge in [0.05, 0.1) is 22.4 Å². The van der Waals surface area contributed by atoms with Gasteiger partial charge in [0.25, 0.3) is 0 Å². The molecule has 0 saturated carbocycles. The number of para-hydroxylation sites is 2. The van der Waals surface area contributed by atoms with Gasteiger partial charge in [0, 0.05) is 45.5 Å². The number of pyridine rings is 1. The Morgan fingerprint density at radius 2 is 2.10 bits per heavy atom. The number of halogens is 2. The van der Waals surface area contributed by atoms with Gasteiger partial charge in [0.1, 0.15) is 5.82 Å². The molecule has 0 radical (unpaired) electrons. The molecule has 9 heteroatoms. The first kappa shape index (κ1) is 22.6. The van der Waals surface area contributed by atoms with Crippen LogP contribution in [-0.2, 0) is 6.54 Å². The Morgan fingerprint density at radius 1 is 1.23 bits per heavy atom. The van der Waals surface area contributed by atoms with E-state index in [4.69, 9.17) is 11.6 Å². The zero-order valence-corrected chi connectivity index (χ0v) is 20.0. The molecule has 1 atom stereocenters. The van der Waals surface area contributed by atoms with Crippen molar-refractivity contribution in [1.82, 2.24) is 25.2 Å². The van der Waals surface area contributed by atoms with Crippen molar-refractivity contribution in [2.24, 2.45) is 4.99 Å². The Hall–Kier alpha value is -2.07. The van der Waals surface area contributed by atoms with Crippen molar-refractivity contribution in [1.29, 1.82) is 0 Å². The molecular formula is C21H27ClIN7. The Morgan fingerprint density at radius 3 is 2.93 bits per heavy atom. The van der Waals surface area contributed by atoms with Gasteiger partial charge in [-0.15, -0.1) is 24.0 Å². The second kappa shape index (κ2) is 10.8. The van der Waals surface area contributed by atoms with E-state index in [1.165, 1.54) is 5.52 Å². The highest BCUT2D eigenvalue weighted by atomic mass is 127. The summed E-state index contributed by atoms with van der Waals surface area (Å²) in [6.07, 6.45) is 5.70. The molecule has 30 heavy (non-hydrogen) atoms. The fourth-order valence-corrected chi connectivity index (χ4v) is 3.95. The van der Waals surface area contributed by atoms with Crippen LogP contribution >= 0.6 is 35.6 Å². The monoisotopic (exact) mass is 539 g/mol. The molecule has 1 aromatic carbocycles. The summed E-state index contributed by atoms with van der Waals surface area (Å²) in [5.41, 5.74) is 2.21. The van der Waals surface area contributed by atoms with Crippen LogP contribution in [0.2, 0.25) is 5.02 Å². The maximum absolute atomic E-state index is 6.28. The summed E-state index contributed by atoms with van der Waals surface area (Å²) in [6.45, 7) is 3.55. The molecule has 1 aliphatic rings. The van der Waals surface area contributed by atoms with Crippen LogP contribution in [0.15, 0.2) is 53.9 Å². The normalized spacial score (nSPS) is 16.5. The molecule has 1 aliphatic heterocycles. The number of aromatic nitrogens is 3. The maximum Gasteiger partial charge on any atom is 0.191 e. The first-order chi connectivity index (χ1) is 14.2. The highest BCUT2D eigenvalue weighted by Crippen LogP contribution is 2.25. The second-order valence-electron chi connectivity index (χ2n) is 7.16. The van der Waals surface area contributed by atoms with Crippen LogP contribution in [0.5, 0.6) is 0 Å². The molecule has 3 heterocycles. The lowest BCUT2D eigenvalue weighted by molar-refractivity contribution is 0.616. The third-order valence-electron chi connectivity index (χ3n) is 5.19. The smallest absolute Gasteiger partial charge is 0.191 e. The summed E-state index contributed by atoms with van der Waals surface area (Å²) in [5, 5.41) is 7.63. The minimum atomic E-state index is 0. The van der Waals surface area contributed by atoms with Crippen molar-refractivity contribution in [3.8, 4) is 0 Å². The molecule has 1 saturated heterocycles. The number of imidazole rings is 1. The lowest BCUT2D eigenvalue weighted by Gasteiger charge is -2.20. The minimum absolute atomic E-state index is 0. The van der Waals surface area contributed by atoms with Crippen molar-refractivity contribution in [2.75, 3.05) is 31.6 Å². The van der Waals surface area contributed by atoms with Gasteiger partial charge in [-0.3, -0.25) is 4.99 Å². The van der Waals surface area contributed by atoms with E-state index in [0.717, 1.165) is 56.3 Å². The average Bonchev–Trinajstić information content (AvgIpc) is 3.38. The summed E-state index contributed by atoms with van der Waals surface area (Å²) in [7, 11) is 1.81. The zero-order chi connectivity index (χ0) is 20.1. The van der Waals surface area contributed by atoms with Gasteiger partial charge in [0.15, 0.2) is 5.96 Å². The quantitative estimate of drug-likeness (QED) is 0.217. The van der Waals surface area contributed by atoms with Gasteiger partial charge in [-0.25, -0.2) is 9.97 Å². The van der Waals surface area contributed by atoms with Gasteiger partial charge < -0.3 is 20.1 Å². The van der Waals surface area contributed by atoms with Gasteiger partial charge >= 0.3 is 0 Å². The fourth-order valence-electron chi connectivity index (χ4n) is 3.71. The van der Waals surface area contributed by atoms with Crippen LogP contribution in [-0.4, -0.2) is 53.2 Å². The molecule has 1 fully saturated rings. The molecule has 4 rings (SSSR count). The third-order valence-corrected chi connectivity index (χ3v) is 5.48. The van der Waals surface area contributed by atoms with E-state index in [1.807, 2.05) is 36.7 Å². The van der Waals surface area contributed by atoms with Crippen LogP contribution in [0.25, 0.3) is 11.0 Å². The van der Waals surface area contributed by atoms with E-state index < -0.39 is 0 Å². The van der Waals surface area contributed by atoms with Crippen molar-refractivity contribution in [3.05, 3.63) is 53.9 Å². The van der Waals surface area contributed by atoms with E-state index in [-0.39, 0.29) is 24.0 Å². The first-order valence-electron chi connectivity index (χ1n) is 9.97. The Kier molecular flexibility index (Phi) is 8.15. The van der Waals surface area contributed by atoms with Crippen LogP contribution in [0.1, 0.15) is 12.8 Å². The van der Waals surface area contributed by atoms with E-state index in [0.29, 0.717) is 11.1 Å². The zero-order valence-electron chi connectivity index (χ0n) is 17.0. The van der Waals surface area contributed by atoms with Crippen molar-refractivity contribution in [3.63, 3.8) is 0 Å². The number of nitrogens with one attached hydrogen (secondary N) is 2. The molecule has 2 aromatic heterocycles. The Bertz CT molecular complexity index is 990. The summed E-state index contributed by atoms with van der Waals surface area (Å²) in [4.78, 5) is 15.4. The number of nitrogens with zero attached hydrogens (tertiary/aromatic N) is 5. The molecular weight excluding hydrogens is 513 g/mol. The number of benzene rings is 1. The Balaban J connectivity index is 0.00000256. The van der Waals surface area contributed by atoms with E-state index in [1.54, 1.807) is 13.2 Å². The molecule has 0 spiro atoms. The molecule has 2 N–H and O–H groups in total. The first-order valence-corrected chi connectivity index (χ1v) is 10.3. The largest absolute Gasteiger partial charge is 0.356 e. The summed E-state index contributed by atoms with van der Waals surface area (Å²) < 4.78 is 2.19. The van der Waals surface area contributed by atoms with Gasteiger partial charge in [-0.05, 0) is 37.1 Å². The molecule has 0 amide bonds. The lowest BCUT2D eigenvalue weighted by Crippen LogP contribution is -2.45. The number of guanidine groups is 1. The predicted molar refractivity (Wildman–Crippen MR) is 134 cm³/mol. The second-order valence-corrected chi connectivity index (χ2v) is 7.57.